The molecule has 1 fully saturated rings. The predicted molar refractivity (Wildman–Crippen MR) is 105 cm³/mol. The fourth-order valence-corrected chi connectivity index (χ4v) is 4.46. The lowest BCUT2D eigenvalue weighted by Crippen LogP contribution is -2.20. The zero-order valence-electron chi connectivity index (χ0n) is 16.3. The summed E-state index contributed by atoms with van der Waals surface area (Å²) in [6, 6.07) is 0. The van der Waals surface area contributed by atoms with Crippen molar-refractivity contribution in [3.05, 3.63) is 35.6 Å². The van der Waals surface area contributed by atoms with Gasteiger partial charge in [0, 0.05) is 25.7 Å². The zero-order valence-corrected chi connectivity index (χ0v) is 16.3. The lowest BCUT2D eigenvalue weighted by molar-refractivity contribution is -0.131. The summed E-state index contributed by atoms with van der Waals surface area (Å²) in [6.45, 7) is 0.805. The van der Waals surface area contributed by atoms with Crippen LogP contribution >= 0.6 is 0 Å². The molecular weight excluding hydrogens is 344 g/mol. The van der Waals surface area contributed by atoms with Gasteiger partial charge in [-0.3, -0.25) is 0 Å². The maximum atomic E-state index is 10.5. The van der Waals surface area contributed by atoms with Crippen LogP contribution in [0.1, 0.15) is 57.8 Å². The van der Waals surface area contributed by atoms with E-state index >= 15 is 0 Å². The maximum Gasteiger partial charge on any atom is 0.327 e. The number of carboxylic acid groups (broad SMARTS) is 1. The van der Waals surface area contributed by atoms with E-state index in [-0.39, 0.29) is 11.8 Å². The Bertz CT molecular complexity index is 563. The van der Waals surface area contributed by atoms with Crippen LogP contribution in [-0.2, 0) is 9.53 Å². The molecule has 0 saturated heterocycles. The predicted octanol–water partition coefficient (Wildman–Crippen LogP) is 4.39. The lowest BCUT2D eigenvalue weighted by atomic mass is 9.90. The number of fused-ring (bicyclic) bond motifs is 1. The highest BCUT2D eigenvalue weighted by Gasteiger charge is 2.46. The number of methoxy groups -OCH3 is 1. The third-order valence-corrected chi connectivity index (χ3v) is 5.76. The first kappa shape index (κ1) is 21.7. The summed E-state index contributed by atoms with van der Waals surface area (Å²) in [6.07, 6.45) is 15.0. The number of aliphatic hydroxyl groups excluding tert-OH is 2. The highest BCUT2D eigenvalue weighted by Crippen LogP contribution is 2.49. The van der Waals surface area contributed by atoms with Crippen LogP contribution < -0.4 is 0 Å². The van der Waals surface area contributed by atoms with Crippen LogP contribution in [0, 0.1) is 17.8 Å². The molecule has 0 aromatic heterocycles. The first-order chi connectivity index (χ1) is 13.0. The monoisotopic (exact) mass is 378 g/mol. The highest BCUT2D eigenvalue weighted by atomic mass is 16.5. The van der Waals surface area contributed by atoms with Crippen LogP contribution in [0.4, 0.5) is 0 Å². The summed E-state index contributed by atoms with van der Waals surface area (Å²) in [5.41, 5.74) is 1.32. The van der Waals surface area contributed by atoms with Gasteiger partial charge in [0.1, 0.15) is 0 Å². The van der Waals surface area contributed by atoms with E-state index in [1.807, 2.05) is 6.08 Å². The first-order valence-corrected chi connectivity index (χ1v) is 10.2. The Morgan fingerprint density at radius 2 is 2.00 bits per heavy atom. The van der Waals surface area contributed by atoms with Crippen molar-refractivity contribution in [1.29, 1.82) is 0 Å². The van der Waals surface area contributed by atoms with Crippen molar-refractivity contribution in [2.24, 2.45) is 17.8 Å². The van der Waals surface area contributed by atoms with E-state index in [9.17, 15) is 15.0 Å². The zero-order chi connectivity index (χ0) is 19.6. The van der Waals surface area contributed by atoms with Crippen molar-refractivity contribution >= 4 is 5.97 Å². The van der Waals surface area contributed by atoms with Gasteiger partial charge >= 0.3 is 5.97 Å². The van der Waals surface area contributed by atoms with Gasteiger partial charge in [-0.05, 0) is 62.9 Å². The van der Waals surface area contributed by atoms with E-state index in [0.29, 0.717) is 11.7 Å². The smallest absolute Gasteiger partial charge is 0.327 e. The molecular formula is C22H34O5. The number of allylic oxidation sites excluding steroid dienone is 4. The molecule has 0 spiro atoms. The summed E-state index contributed by atoms with van der Waals surface area (Å²) in [5, 5.41) is 29.6. The second-order valence-electron chi connectivity index (χ2n) is 7.80. The molecule has 3 N–H and O–H groups in total. The van der Waals surface area contributed by atoms with Crippen molar-refractivity contribution in [3.63, 3.8) is 0 Å². The van der Waals surface area contributed by atoms with Gasteiger partial charge in [0.05, 0.1) is 11.9 Å². The average molecular weight is 379 g/mol. The van der Waals surface area contributed by atoms with Crippen molar-refractivity contribution in [3.8, 4) is 0 Å². The third-order valence-electron chi connectivity index (χ3n) is 5.76. The molecule has 0 bridgehead atoms. The number of rotatable bonds is 12. The Labute approximate surface area is 162 Å². The molecule has 27 heavy (non-hydrogen) atoms. The van der Waals surface area contributed by atoms with Crippen molar-refractivity contribution in [2.75, 3.05) is 13.7 Å². The van der Waals surface area contributed by atoms with Crippen LogP contribution in [0.15, 0.2) is 35.6 Å². The number of hydrogen-bond acceptors (Lipinski definition) is 4. The number of aliphatic hydroxyl groups is 2. The molecule has 0 radical (unpaired) electrons. The second-order valence-corrected chi connectivity index (χ2v) is 7.80. The molecule has 152 valence electrons. The standard InChI is InChI=1S/C22H34O5/c1-27-12-8-4-2-3-5-10-19(23)22-18-14-16(9-6-7-11-21(25)26)13-17(18)15-20(22)24/h7,10-11,14,17-18,20,22-24H,2-6,8-9,12-13,15H2,1H3,(H,25,26)/t17-,18-,20+,22-/m1/s1. The normalized spacial score (nSPS) is 27.9. The summed E-state index contributed by atoms with van der Waals surface area (Å²) < 4.78 is 5.04. The molecule has 1 saturated carbocycles. The summed E-state index contributed by atoms with van der Waals surface area (Å²) in [5.74, 6) is -0.153. The minimum Gasteiger partial charge on any atom is -0.512 e. The molecule has 2 aliphatic rings. The van der Waals surface area contributed by atoms with Crippen molar-refractivity contribution < 1.29 is 24.9 Å². The Kier molecular flexibility index (Phi) is 9.08. The second kappa shape index (κ2) is 11.3. The molecule has 4 atom stereocenters. The van der Waals surface area contributed by atoms with Gasteiger partial charge in [0.15, 0.2) is 0 Å². The Morgan fingerprint density at radius 3 is 2.74 bits per heavy atom. The number of hydrogen-bond donors (Lipinski definition) is 3. The maximum absolute atomic E-state index is 10.5. The Balaban J connectivity index is 1.81. The average Bonchev–Trinajstić information content (AvgIpc) is 3.13. The van der Waals surface area contributed by atoms with Crippen LogP contribution in [0.25, 0.3) is 0 Å². The van der Waals surface area contributed by atoms with Gasteiger partial charge in [0.25, 0.3) is 0 Å². The van der Waals surface area contributed by atoms with E-state index < -0.39 is 12.1 Å². The van der Waals surface area contributed by atoms with E-state index in [4.69, 9.17) is 9.84 Å². The van der Waals surface area contributed by atoms with Crippen molar-refractivity contribution in [2.45, 2.75) is 63.9 Å². The molecule has 5 nitrogen and oxygen atoms in total. The molecule has 0 aromatic rings. The fourth-order valence-electron chi connectivity index (χ4n) is 4.46. The SMILES string of the molecule is COCCCCCCC=C(O)[C@H]1[C@@H]2C=C(CCC=CC(=O)O)C[C@@H]2C[C@@H]1O. The minimum atomic E-state index is -0.913. The van der Waals surface area contributed by atoms with Gasteiger partial charge in [-0.15, -0.1) is 0 Å². The minimum absolute atomic E-state index is 0.185. The molecule has 2 rings (SSSR count). The molecule has 2 aliphatic carbocycles. The van der Waals surface area contributed by atoms with Crippen molar-refractivity contribution in [1.82, 2.24) is 0 Å². The van der Waals surface area contributed by atoms with Gasteiger partial charge in [-0.25, -0.2) is 4.79 Å². The molecule has 0 unspecified atom stereocenters. The first-order valence-electron chi connectivity index (χ1n) is 10.2. The Hall–Kier alpha value is -1.59. The summed E-state index contributed by atoms with van der Waals surface area (Å²) >= 11 is 0. The van der Waals surface area contributed by atoms with Gasteiger partial charge in [-0.2, -0.15) is 0 Å². The molecule has 0 amide bonds. The summed E-state index contributed by atoms with van der Waals surface area (Å²) in [7, 11) is 1.72. The summed E-state index contributed by atoms with van der Waals surface area (Å²) in [4.78, 5) is 10.5. The van der Waals surface area contributed by atoms with Crippen LogP contribution in [0.3, 0.4) is 0 Å². The van der Waals surface area contributed by atoms with Crippen LogP contribution in [-0.4, -0.2) is 41.1 Å². The largest absolute Gasteiger partial charge is 0.512 e. The van der Waals surface area contributed by atoms with Crippen LogP contribution in [0.5, 0.6) is 0 Å². The topological polar surface area (TPSA) is 87.0 Å². The van der Waals surface area contributed by atoms with Gasteiger partial charge < -0.3 is 20.1 Å². The molecule has 0 aromatic carbocycles. The lowest BCUT2D eigenvalue weighted by Gasteiger charge is -2.19. The van der Waals surface area contributed by atoms with Gasteiger partial charge in [-0.1, -0.05) is 30.6 Å². The van der Waals surface area contributed by atoms with E-state index in [1.165, 1.54) is 11.6 Å². The van der Waals surface area contributed by atoms with Crippen LogP contribution in [0.2, 0.25) is 0 Å². The number of carboxylic acids is 1. The number of aliphatic carboxylic acids is 1. The number of carbonyl (C=O) groups is 1. The number of unbranched alkanes of at least 4 members (excludes halogenated alkanes) is 4. The fraction of sp³-hybridized carbons (Fsp3) is 0.682. The van der Waals surface area contributed by atoms with E-state index in [0.717, 1.165) is 64.4 Å². The molecule has 0 aliphatic heterocycles. The quantitative estimate of drug-likeness (QED) is 0.203. The number of ether oxygens (including phenoxy) is 1. The van der Waals surface area contributed by atoms with E-state index in [2.05, 4.69) is 6.08 Å². The third kappa shape index (κ3) is 6.82. The Morgan fingerprint density at radius 1 is 1.22 bits per heavy atom. The highest BCUT2D eigenvalue weighted by molar-refractivity contribution is 5.79. The van der Waals surface area contributed by atoms with Gasteiger partial charge in [0.2, 0.25) is 0 Å². The van der Waals surface area contributed by atoms with E-state index in [1.54, 1.807) is 13.2 Å². The molecule has 5 heteroatoms. The molecule has 0 heterocycles.